The molecule has 3 aromatic heterocycles. The molecule has 3 fully saturated rings. The second-order valence-electron chi connectivity index (χ2n) is 34.2. The Morgan fingerprint density at radius 3 is 1.01 bits per heavy atom. The molecule has 6 N–H and O–H groups in total. The van der Waals surface area contributed by atoms with Gasteiger partial charge >= 0.3 is 0 Å². The molecule has 12 rings (SSSR count). The van der Waals surface area contributed by atoms with Gasteiger partial charge in [0, 0.05) is 126 Å². The summed E-state index contributed by atoms with van der Waals surface area (Å²) in [6.45, 7) is 21.0. The van der Waals surface area contributed by atoms with E-state index in [1.54, 1.807) is 130 Å². The molecule has 3 aromatic carbocycles. The predicted molar refractivity (Wildman–Crippen MR) is 546 cm³/mol. The van der Waals surface area contributed by atoms with Crippen LogP contribution in [0, 0.1) is 0 Å². The normalized spacial score (nSPS) is 16.8. The van der Waals surface area contributed by atoms with E-state index in [1.807, 2.05) is 67.8 Å². The van der Waals surface area contributed by atoms with Crippen molar-refractivity contribution < 1.29 is 107 Å². The minimum atomic E-state index is -3.69. The Labute approximate surface area is 832 Å². The van der Waals surface area contributed by atoms with Crippen LogP contribution in [0.15, 0.2) is 123 Å². The first-order valence-corrected chi connectivity index (χ1v) is 55.8. The summed E-state index contributed by atoms with van der Waals surface area (Å²) in [4.78, 5) is 109. The highest BCUT2D eigenvalue weighted by molar-refractivity contribution is 8.77. The van der Waals surface area contributed by atoms with E-state index in [-0.39, 0.29) is 150 Å². The van der Waals surface area contributed by atoms with Crippen LogP contribution in [0.25, 0.3) is 0 Å². The summed E-state index contributed by atoms with van der Waals surface area (Å²) in [7, 11) is 7.47. The third kappa shape index (κ3) is 34.9. The van der Waals surface area contributed by atoms with Crippen molar-refractivity contribution in [1.29, 1.82) is 0 Å². The number of aliphatic hydroxyl groups is 2. The van der Waals surface area contributed by atoms with E-state index in [4.69, 9.17) is 71.4 Å². The minimum absolute atomic E-state index is 0.000816. The minimum Gasteiger partial charge on any atom is -0.504 e. The van der Waals surface area contributed by atoms with Gasteiger partial charge in [0.1, 0.15) is 63.5 Å². The van der Waals surface area contributed by atoms with Crippen LogP contribution < -0.4 is 53.8 Å². The number of carbonyl (C=O) groups excluding carboxylic acids is 6. The lowest BCUT2D eigenvalue weighted by atomic mass is 10.1. The molecule has 0 aliphatic carbocycles. The Kier molecular flexibility index (Phi) is 43.1. The molecule has 6 aliphatic heterocycles. The number of carbonyl (C=O) groups is 6. The molecule has 0 spiro atoms. The molecule has 3 atom stereocenters. The molecule has 0 bridgehead atoms. The number of aromatic hydroxyl groups is 1. The smallest absolute Gasteiger partial charge is 0.264 e. The van der Waals surface area contributed by atoms with Gasteiger partial charge in [-0.15, -0.1) is 0 Å². The summed E-state index contributed by atoms with van der Waals surface area (Å²) >= 11 is 0. The number of hydrogen-bond donors (Lipinski definition) is 6. The number of pyridine rings is 3. The summed E-state index contributed by atoms with van der Waals surface area (Å²) in [6, 6.07) is 19.3. The number of aliphatic hydroxyl groups excluding tert-OH is 2. The maximum absolute atomic E-state index is 13.7. The third-order valence-corrected chi connectivity index (χ3v) is 31.1. The van der Waals surface area contributed by atoms with Gasteiger partial charge in [-0.1, -0.05) is 99.7 Å². The predicted octanol–water partition coefficient (Wildman–Crippen LogP) is 14.6. The van der Waals surface area contributed by atoms with Crippen LogP contribution in [-0.2, 0) is 82.6 Å². The maximum atomic E-state index is 13.7. The lowest BCUT2D eigenvalue weighted by molar-refractivity contribution is -0.122. The van der Waals surface area contributed by atoms with E-state index in [1.165, 1.54) is 56.2 Å². The van der Waals surface area contributed by atoms with Gasteiger partial charge in [-0.25, -0.2) is 0 Å². The number of fused-ring (bicyclic) bond motifs is 6. The zero-order chi connectivity index (χ0) is 101. The fourth-order valence-corrected chi connectivity index (χ4v) is 22.2. The summed E-state index contributed by atoms with van der Waals surface area (Å²) in [5.74, 6) is 2.78. The lowest BCUT2D eigenvalue weighted by Crippen LogP contribution is -2.35. The molecule has 0 saturated carbocycles. The zero-order valence-corrected chi connectivity index (χ0v) is 87.4. The van der Waals surface area contributed by atoms with Gasteiger partial charge < -0.3 is 83.9 Å². The zero-order valence-electron chi connectivity index (χ0n) is 80.9. The Bertz CT molecular complexity index is 5490. The largest absolute Gasteiger partial charge is 0.504 e. The van der Waals surface area contributed by atoms with Gasteiger partial charge in [0.15, 0.2) is 34.5 Å². The number of ether oxygens (including phenoxy) is 8. The number of hydrogen-bond acceptors (Lipinski definition) is 35. The molecular formula is C95H126N12O23S8. The SMILES string of the molecule is C/C=C1\C[C@H]2C=Nc3cc(O)c(OC)cc3C(=O)N2C1.C/C=C1\C[C@H]2C=Nc3cc(OCc4cc(OCCNC(=O)CCC(C)(C)SSC)cc(COc5cc6c(cc5OC)C(=O)N5C/C(=C/C)C[C@H]5C=N6)n4)c(OC)cc3C(=O)N2C1.CSSC(C)(C)CCC(=O)NCCOc1cc(CO)nc(CO)c1.CSSC(C)(C)CCC(=O)NCCOc1cc(COS(C)(=O)=O)nc(COS(C)(=O)=O)c1. The van der Waals surface area contributed by atoms with Gasteiger partial charge in [-0.2, -0.15) is 16.8 Å². The van der Waals surface area contributed by atoms with Crippen molar-refractivity contribution >= 4 is 156 Å². The highest BCUT2D eigenvalue weighted by atomic mass is 33.1. The quantitative estimate of drug-likeness (QED) is 0.00895. The van der Waals surface area contributed by atoms with Crippen molar-refractivity contribution in [2.75, 3.05) is 112 Å². The Morgan fingerprint density at radius 1 is 0.428 bits per heavy atom. The van der Waals surface area contributed by atoms with Crippen LogP contribution in [0.5, 0.6) is 51.7 Å². The average molecular weight is 2060 g/mol. The molecule has 9 heterocycles. The van der Waals surface area contributed by atoms with E-state index < -0.39 is 20.2 Å². The van der Waals surface area contributed by atoms with E-state index in [0.717, 1.165) is 51.0 Å². The van der Waals surface area contributed by atoms with Crippen molar-refractivity contribution in [2.24, 2.45) is 15.0 Å². The van der Waals surface area contributed by atoms with Gasteiger partial charge in [0.2, 0.25) is 17.7 Å². The van der Waals surface area contributed by atoms with Crippen molar-refractivity contribution in [1.82, 2.24) is 45.6 Å². The van der Waals surface area contributed by atoms with Crippen LogP contribution in [0.1, 0.15) is 185 Å². The first-order chi connectivity index (χ1) is 65.6. The first kappa shape index (κ1) is 112. The molecular weight excluding hydrogens is 1930 g/mol. The van der Waals surface area contributed by atoms with Crippen molar-refractivity contribution in [3.8, 4) is 51.7 Å². The summed E-state index contributed by atoms with van der Waals surface area (Å²) in [5, 5.41) is 36.6. The Hall–Kier alpha value is -9.80. The standard InChI is InChI=1S/C46H54N6O8S2.C18H30N2O8S4.C16H26N2O4S2.C15H16N2O3/c1-8-28-14-32-22-48-37-20-41(39(56-5)18-35(37)44(54)51(32)24-28)59-26-30-16-34(58-13-12-47-43(53)10-11-46(3,4)62-61-7)17-31(50-30)27-60-42-21-38-36(19-40(42)57-6)45(55)52-25-29(9-2)15-33(52)23-49-38;1-18(2,30-29-3)7-6-17(21)19-8-9-26-16-10-14(12-27-31(4,22)23)20-15(11-16)13-28-32(5,24)25;1-16(2,24-23-3)5-4-15(21)17-6-7-22-14-8-12(10-19)18-13(9-14)11-20;1-3-9-4-10-7-16-12-6-13(18)14(20-2)5-11(12)15(19)17(10)8-9/h8-9,16-23,32-33H,10-15,24-27H2,1-7H3,(H,47,53);10-11H,6-9,12-13H2,1-5H3,(H,19,21);8-9,19-20H,4-7,10-11H2,1-3H3,(H,17,21);3,5-7,10,18H,4,8H2,1-2H3/b28-8+,29-9+;;;9-3+/t32-,33-;;;10-/m0..0/s1. The molecule has 6 amide bonds. The Morgan fingerprint density at radius 2 is 0.717 bits per heavy atom. The Balaban J connectivity index is 0.000000233. The molecule has 138 heavy (non-hydrogen) atoms. The van der Waals surface area contributed by atoms with Gasteiger partial charge in [0.25, 0.3) is 38.0 Å². The van der Waals surface area contributed by atoms with Crippen molar-refractivity contribution in [3.05, 3.63) is 159 Å². The molecule has 0 unspecified atom stereocenters. The highest BCUT2D eigenvalue weighted by Crippen LogP contribution is 2.45. The molecule has 6 aromatic rings. The summed E-state index contributed by atoms with van der Waals surface area (Å²) in [5.41, 5.74) is 8.86. The van der Waals surface area contributed by atoms with Crippen molar-refractivity contribution in [3.63, 3.8) is 0 Å². The molecule has 43 heteroatoms. The second-order valence-corrected chi connectivity index (χ2v) is 46.8. The van der Waals surface area contributed by atoms with Gasteiger partial charge in [-0.05, 0) is 138 Å². The number of amides is 6. The van der Waals surface area contributed by atoms with Crippen LogP contribution in [0.4, 0.5) is 17.1 Å². The van der Waals surface area contributed by atoms with Gasteiger partial charge in [-0.3, -0.25) is 67.1 Å². The highest BCUT2D eigenvalue weighted by Gasteiger charge is 2.39. The van der Waals surface area contributed by atoms with E-state index in [0.29, 0.717) is 155 Å². The fourth-order valence-electron chi connectivity index (χ4n) is 14.8. The number of aromatic nitrogens is 3. The fraction of sp³-hybridized carbons (Fsp3) is 0.495. The number of nitrogens with zero attached hydrogens (tertiary/aromatic N) is 9. The molecule has 752 valence electrons. The van der Waals surface area contributed by atoms with E-state index >= 15 is 0 Å². The second kappa shape index (κ2) is 53.2. The number of benzene rings is 3. The number of aliphatic imine (C=N–C) groups is 3. The van der Waals surface area contributed by atoms with Gasteiger partial charge in [0.05, 0.1) is 153 Å². The maximum Gasteiger partial charge on any atom is 0.264 e. The number of allylic oxidation sites excluding steroid dienone is 3. The number of phenols is 1. The van der Waals surface area contributed by atoms with E-state index in [2.05, 4.69) is 84.6 Å². The molecule has 0 radical (unpaired) electrons. The van der Waals surface area contributed by atoms with Crippen LogP contribution in [0.3, 0.4) is 0 Å². The molecule has 35 nitrogen and oxygen atoms in total. The first-order valence-electron chi connectivity index (χ1n) is 44.5. The average Bonchev–Trinajstić information content (AvgIpc) is 1.63. The summed E-state index contributed by atoms with van der Waals surface area (Å²) < 4.78 is 101. The molecule has 6 aliphatic rings. The van der Waals surface area contributed by atoms with Crippen molar-refractivity contribution in [2.45, 2.75) is 192 Å². The van der Waals surface area contributed by atoms with E-state index in [9.17, 15) is 50.7 Å². The molecule has 3 saturated heterocycles. The number of phenolic OH excluding ortho intramolecular Hbond substituents is 1. The van der Waals surface area contributed by atoms with Crippen LogP contribution >= 0.6 is 64.8 Å². The number of nitrogens with one attached hydrogen (secondary N) is 3. The van der Waals surface area contributed by atoms with Crippen LogP contribution in [0.2, 0.25) is 0 Å². The number of rotatable bonds is 44. The van der Waals surface area contributed by atoms with Crippen LogP contribution in [-0.4, -0.2) is 260 Å². The summed E-state index contributed by atoms with van der Waals surface area (Å²) in [6.07, 6.45) is 25.4. The monoisotopic (exact) mass is 2060 g/mol. The number of methoxy groups -OCH3 is 3. The lowest BCUT2D eigenvalue weighted by Gasteiger charge is -2.21. The third-order valence-electron chi connectivity index (χ3n) is 22.0. The topological polar surface area (TPSA) is 445 Å².